The van der Waals surface area contributed by atoms with Crippen LogP contribution in [0.3, 0.4) is 0 Å². The molecular formula is C37H50O17. The van der Waals surface area contributed by atoms with Gasteiger partial charge in [-0.2, -0.15) is 0 Å². The predicted molar refractivity (Wildman–Crippen MR) is 178 cm³/mol. The van der Waals surface area contributed by atoms with Crippen LogP contribution in [0, 0.1) is 34.0 Å². The van der Waals surface area contributed by atoms with Crippen LogP contribution in [0.25, 0.3) is 0 Å². The summed E-state index contributed by atoms with van der Waals surface area (Å²) in [5.74, 6) is -7.37. The lowest BCUT2D eigenvalue weighted by molar-refractivity contribution is -0.296. The molecule has 6 aliphatic rings. The molecule has 3 aliphatic carbocycles. The number of aliphatic hydroxyl groups is 6. The van der Waals surface area contributed by atoms with E-state index < -0.39 is 125 Å². The standard InChI is InChI=1S/C37H50O17/c1-14(34(4,5)10-15(2)39)8-21(41)53-27-29-36-13-50-37(29,33(48)49-7)30(46)25(45)28(36)35(6)11-18(40)26(16(3)17(35)9-20(36)52-31(27)47)54-32-24(44)23(43)22(42)19(12-38)51-32/h8,17,19-20,22-25,27-30,32,38,42-46H,9-13H2,1-7H3/b14-8+/t17-,19+,20+,22+,23-,24+,25+,27+,28+,29+,30-,32-,35-,36+,37-/m0/s1. The third-order valence-corrected chi connectivity index (χ3v) is 13.2. The van der Waals surface area contributed by atoms with Gasteiger partial charge in [0.05, 0.1) is 32.3 Å². The summed E-state index contributed by atoms with van der Waals surface area (Å²) in [5.41, 5.74) is -5.09. The van der Waals surface area contributed by atoms with E-state index in [0.717, 1.165) is 13.2 Å². The number of hydrogen-bond donors (Lipinski definition) is 6. The number of carbonyl (C=O) groups is 5. The van der Waals surface area contributed by atoms with E-state index in [4.69, 9.17) is 28.4 Å². The van der Waals surface area contributed by atoms with E-state index in [1.54, 1.807) is 34.6 Å². The van der Waals surface area contributed by atoms with Crippen molar-refractivity contribution in [2.45, 2.75) is 122 Å². The van der Waals surface area contributed by atoms with Crippen LogP contribution in [0.2, 0.25) is 0 Å². The Morgan fingerprint density at radius 1 is 1.00 bits per heavy atom. The quantitative estimate of drug-likeness (QED) is 0.0911. The van der Waals surface area contributed by atoms with Gasteiger partial charge in [-0.25, -0.2) is 14.4 Å². The molecule has 0 amide bonds. The molecule has 0 aromatic rings. The number of Topliss-reactive ketones (excluding diaryl/α,β-unsaturated/α-hetero) is 2. The second kappa shape index (κ2) is 13.7. The largest absolute Gasteiger partial charge is 0.467 e. The van der Waals surface area contributed by atoms with E-state index in [1.165, 1.54) is 6.92 Å². The van der Waals surface area contributed by atoms with Crippen LogP contribution < -0.4 is 0 Å². The molecule has 6 N–H and O–H groups in total. The van der Waals surface area contributed by atoms with Gasteiger partial charge in [-0.15, -0.1) is 0 Å². The van der Waals surface area contributed by atoms with Gasteiger partial charge in [-0.1, -0.05) is 26.3 Å². The molecule has 6 rings (SSSR count). The Kier molecular flexibility index (Phi) is 10.3. The smallest absolute Gasteiger partial charge is 0.348 e. The SMILES string of the molecule is COC(=O)[C@@]12OC[C@]34[C@H]([C@@H](O)[C@@H]1O)[C@@]1(C)CC(=O)C(O[C@@H]5O[C@H](CO)[C@@H](O)[C@H](O)[C@H]5O)=C(C)[C@@H]1C[C@H]3OC(=O)[C@H](OC(=O)/C=C(\C)C(C)(C)CC(C)=O)[C@@H]24. The van der Waals surface area contributed by atoms with Crippen molar-refractivity contribution in [3.8, 4) is 0 Å². The number of rotatable bonds is 9. The van der Waals surface area contributed by atoms with Crippen LogP contribution in [-0.2, 0) is 52.4 Å². The minimum atomic E-state index is -2.38. The summed E-state index contributed by atoms with van der Waals surface area (Å²) in [4.78, 5) is 67.2. The van der Waals surface area contributed by atoms with Crippen molar-refractivity contribution in [1.29, 1.82) is 0 Å². The first kappa shape index (κ1) is 40.4. The zero-order valence-electron chi connectivity index (χ0n) is 31.2. The maximum absolute atomic E-state index is 14.1. The van der Waals surface area contributed by atoms with Crippen molar-refractivity contribution in [3.05, 3.63) is 23.0 Å². The Hall–Kier alpha value is -3.29. The summed E-state index contributed by atoms with van der Waals surface area (Å²) in [7, 11) is 1.04. The Labute approximate surface area is 311 Å². The minimum Gasteiger partial charge on any atom is -0.467 e. The van der Waals surface area contributed by atoms with Gasteiger partial charge in [0.15, 0.2) is 11.5 Å². The van der Waals surface area contributed by atoms with Crippen molar-refractivity contribution >= 4 is 29.5 Å². The zero-order valence-corrected chi connectivity index (χ0v) is 31.2. The van der Waals surface area contributed by atoms with Crippen molar-refractivity contribution in [2.24, 2.45) is 34.0 Å². The normalized spacial score (nSPS) is 44.5. The fourth-order valence-electron chi connectivity index (χ4n) is 10.6. The van der Waals surface area contributed by atoms with Gasteiger partial charge in [0.2, 0.25) is 18.0 Å². The topological polar surface area (TPSA) is 262 Å². The monoisotopic (exact) mass is 766 g/mol. The molecule has 17 nitrogen and oxygen atoms in total. The average Bonchev–Trinajstić information content (AvgIpc) is 3.40. The highest BCUT2D eigenvalue weighted by molar-refractivity contribution is 5.96. The second-order valence-electron chi connectivity index (χ2n) is 16.7. The highest BCUT2D eigenvalue weighted by atomic mass is 16.7. The molecule has 2 saturated carbocycles. The summed E-state index contributed by atoms with van der Waals surface area (Å²) in [6.07, 6.45) is -14.0. The van der Waals surface area contributed by atoms with Crippen LogP contribution in [0.4, 0.5) is 0 Å². The van der Waals surface area contributed by atoms with Gasteiger partial charge in [-0.05, 0) is 49.5 Å². The van der Waals surface area contributed by atoms with Crippen LogP contribution in [-0.4, -0.2) is 141 Å². The molecule has 3 aliphatic heterocycles. The molecule has 2 bridgehead atoms. The lowest BCUT2D eigenvalue weighted by atomic mass is 9.38. The maximum Gasteiger partial charge on any atom is 0.348 e. The third kappa shape index (κ3) is 5.68. The Morgan fingerprint density at radius 3 is 2.28 bits per heavy atom. The van der Waals surface area contributed by atoms with Crippen LogP contribution in [0.15, 0.2) is 23.0 Å². The summed E-state index contributed by atoms with van der Waals surface area (Å²) in [6.45, 7) is 8.78. The first-order chi connectivity index (χ1) is 25.1. The lowest BCUT2D eigenvalue weighted by Gasteiger charge is -2.67. The highest BCUT2D eigenvalue weighted by Gasteiger charge is 2.85. The van der Waals surface area contributed by atoms with E-state index in [0.29, 0.717) is 11.1 Å². The molecule has 17 heteroatoms. The van der Waals surface area contributed by atoms with E-state index in [-0.39, 0.29) is 37.4 Å². The maximum atomic E-state index is 14.1. The molecule has 15 atom stereocenters. The molecule has 0 aromatic carbocycles. The summed E-state index contributed by atoms with van der Waals surface area (Å²) in [5, 5.41) is 64.8. The van der Waals surface area contributed by atoms with Crippen molar-refractivity contribution in [2.75, 3.05) is 20.3 Å². The van der Waals surface area contributed by atoms with Gasteiger partial charge in [-0.3, -0.25) is 9.59 Å². The van der Waals surface area contributed by atoms with Gasteiger partial charge in [0, 0.05) is 30.3 Å². The van der Waals surface area contributed by atoms with E-state index in [2.05, 4.69) is 0 Å². The number of ether oxygens (including phenoxy) is 6. The number of carbonyl (C=O) groups excluding carboxylic acids is 5. The van der Waals surface area contributed by atoms with Gasteiger partial charge < -0.3 is 59.1 Å². The molecule has 0 radical (unpaired) electrons. The molecule has 5 fully saturated rings. The number of esters is 3. The fourth-order valence-corrected chi connectivity index (χ4v) is 10.6. The van der Waals surface area contributed by atoms with Gasteiger partial charge in [0.1, 0.15) is 42.4 Å². The Morgan fingerprint density at radius 2 is 1.67 bits per heavy atom. The highest BCUT2D eigenvalue weighted by Crippen LogP contribution is 2.73. The van der Waals surface area contributed by atoms with E-state index >= 15 is 0 Å². The first-order valence-electron chi connectivity index (χ1n) is 18.0. The summed E-state index contributed by atoms with van der Waals surface area (Å²) < 4.78 is 34.5. The van der Waals surface area contributed by atoms with Crippen molar-refractivity contribution in [3.63, 3.8) is 0 Å². The van der Waals surface area contributed by atoms with Gasteiger partial charge >= 0.3 is 17.9 Å². The molecule has 300 valence electrons. The number of allylic oxidation sites excluding steroid dienone is 3. The van der Waals surface area contributed by atoms with Crippen LogP contribution in [0.5, 0.6) is 0 Å². The Bertz CT molecular complexity index is 1670. The zero-order chi connectivity index (χ0) is 40.0. The average molecular weight is 767 g/mol. The fraction of sp³-hybridized carbons (Fsp3) is 0.757. The van der Waals surface area contributed by atoms with E-state index in [9.17, 15) is 54.6 Å². The first-order valence-corrected chi connectivity index (χ1v) is 18.0. The van der Waals surface area contributed by atoms with Crippen molar-refractivity contribution in [1.82, 2.24) is 0 Å². The minimum absolute atomic E-state index is 0.00175. The summed E-state index contributed by atoms with van der Waals surface area (Å²) in [6, 6.07) is 0. The van der Waals surface area contributed by atoms with Crippen LogP contribution in [0.1, 0.15) is 60.8 Å². The molecular weight excluding hydrogens is 716 g/mol. The van der Waals surface area contributed by atoms with Gasteiger partial charge in [0.25, 0.3) is 0 Å². The number of methoxy groups -OCH3 is 1. The molecule has 3 saturated heterocycles. The number of hydrogen-bond acceptors (Lipinski definition) is 17. The number of ketones is 2. The predicted octanol–water partition coefficient (Wildman–Crippen LogP) is -1.24. The Balaban J connectivity index is 1.41. The second-order valence-corrected chi connectivity index (χ2v) is 16.7. The third-order valence-electron chi connectivity index (χ3n) is 13.2. The number of aliphatic hydroxyl groups excluding tert-OH is 6. The molecule has 0 aromatic heterocycles. The van der Waals surface area contributed by atoms with Crippen LogP contribution >= 0.6 is 0 Å². The lowest BCUT2D eigenvalue weighted by Crippen LogP contribution is -2.79. The molecule has 54 heavy (non-hydrogen) atoms. The van der Waals surface area contributed by atoms with Crippen molar-refractivity contribution < 1.29 is 83.0 Å². The summed E-state index contributed by atoms with van der Waals surface area (Å²) >= 11 is 0. The number of fused-ring (bicyclic) bond motifs is 2. The van der Waals surface area contributed by atoms with E-state index in [1.807, 2.05) is 0 Å². The molecule has 1 spiro atoms. The molecule has 0 unspecified atom stereocenters. The molecule has 3 heterocycles.